The molecule has 0 atom stereocenters. The zero-order valence-electron chi connectivity index (χ0n) is 81.7. The molecule has 13 heterocycles. The van der Waals surface area contributed by atoms with Crippen LogP contribution in [0.4, 0.5) is 17.1 Å². The van der Waals surface area contributed by atoms with Gasteiger partial charge in [-0.3, -0.25) is 53.8 Å². The van der Waals surface area contributed by atoms with Crippen molar-refractivity contribution < 1.29 is 48.7 Å². The lowest BCUT2D eigenvalue weighted by atomic mass is 9.97. The molecule has 7 aliphatic rings. The van der Waals surface area contributed by atoms with Gasteiger partial charge in [-0.1, -0.05) is 174 Å². The minimum absolute atomic E-state index is 0.250. The topological polar surface area (TPSA) is 332 Å². The first kappa shape index (κ1) is 103. The molecule has 34 heteroatoms. The number of rotatable bonds is 25. The number of carbonyl (C=O) groups excluding carboxylic acids is 3. The first-order valence-electron chi connectivity index (χ1n) is 47.3. The van der Waals surface area contributed by atoms with Crippen LogP contribution in [0.2, 0.25) is 30.1 Å². The Morgan fingerprint density at radius 2 is 0.730 bits per heavy atom. The Morgan fingerprint density at radius 1 is 0.440 bits per heavy atom. The number of nitrogens with zero attached hydrogens (tertiary/aromatic N) is 14. The van der Waals surface area contributed by atoms with Gasteiger partial charge in [0, 0.05) is 155 Å². The first-order valence-corrected chi connectivity index (χ1v) is 49.5. The van der Waals surface area contributed by atoms with Crippen LogP contribution < -0.4 is 35.5 Å². The number of halogens is 6. The van der Waals surface area contributed by atoms with E-state index in [-0.39, 0.29) is 29.4 Å². The third-order valence-corrected chi connectivity index (χ3v) is 28.1. The third kappa shape index (κ3) is 24.8. The number of fused-ring (bicyclic) bond motifs is 3. The average molecular weight is 2030 g/mol. The third-order valence-electron chi connectivity index (χ3n) is 25.7. The van der Waals surface area contributed by atoms with Crippen molar-refractivity contribution in [3.05, 3.63) is 261 Å². The highest BCUT2D eigenvalue weighted by molar-refractivity contribution is 6.41. The Bertz CT molecular complexity index is 6430. The number of methoxy groups -OCH3 is 3. The maximum absolute atomic E-state index is 13.5. The molecule has 0 saturated carbocycles. The summed E-state index contributed by atoms with van der Waals surface area (Å²) >= 11 is 41.7. The number of amides is 3. The van der Waals surface area contributed by atoms with E-state index in [0.717, 1.165) is 128 Å². The van der Waals surface area contributed by atoms with Crippen molar-refractivity contribution in [3.63, 3.8) is 0 Å². The number of hydrogen-bond donors (Lipinski definition) is 7. The van der Waals surface area contributed by atoms with Gasteiger partial charge in [-0.15, -0.1) is 0 Å². The molecule has 4 saturated heterocycles. The largest absolute Gasteiger partial charge is 0.480 e. The van der Waals surface area contributed by atoms with Crippen molar-refractivity contribution in [2.45, 2.75) is 158 Å². The fourth-order valence-corrected chi connectivity index (χ4v) is 20.4. The fraction of sp³-hybridized carbons (Fsp3) is 0.383. The Kier molecular flexibility index (Phi) is 32.3. The number of aliphatic hydroxyl groups excluding tert-OH is 1. The lowest BCUT2D eigenvalue weighted by molar-refractivity contribution is -0.00404. The van der Waals surface area contributed by atoms with Gasteiger partial charge in [0.2, 0.25) is 17.6 Å². The molecular weight excluding hydrogens is 1910 g/mol. The molecule has 12 aromatic rings. The van der Waals surface area contributed by atoms with Crippen LogP contribution >= 0.6 is 69.6 Å². The molecule has 141 heavy (non-hydrogen) atoms. The minimum atomic E-state index is -0.823. The predicted octanol–water partition coefficient (Wildman–Crippen LogP) is 19.0. The molecule has 0 unspecified atom stereocenters. The number of ether oxygens (including phenoxy) is 4. The number of epoxide rings is 1. The first-order chi connectivity index (χ1) is 67.3. The van der Waals surface area contributed by atoms with E-state index in [1.807, 2.05) is 130 Å². The summed E-state index contributed by atoms with van der Waals surface area (Å²) in [5, 5.41) is 44.8. The maximum atomic E-state index is 13.5. The van der Waals surface area contributed by atoms with Gasteiger partial charge in [-0.05, 0) is 170 Å². The molecule has 7 aliphatic heterocycles. The zero-order valence-corrected chi connectivity index (χ0v) is 86.2. The van der Waals surface area contributed by atoms with Gasteiger partial charge in [-0.2, -0.15) is 0 Å². The van der Waals surface area contributed by atoms with Crippen molar-refractivity contribution in [1.82, 2.24) is 74.7 Å². The maximum Gasteiger partial charge on any atom is 0.274 e. The van der Waals surface area contributed by atoms with Crippen LogP contribution in [0.3, 0.4) is 0 Å². The van der Waals surface area contributed by atoms with Gasteiger partial charge in [0.05, 0.1) is 151 Å². The van der Waals surface area contributed by atoms with Crippen molar-refractivity contribution in [3.8, 4) is 84.8 Å². The molecule has 0 aliphatic carbocycles. The summed E-state index contributed by atoms with van der Waals surface area (Å²) in [7, 11) is 4.75. The quantitative estimate of drug-likeness (QED) is 0.0261. The summed E-state index contributed by atoms with van der Waals surface area (Å²) in [6.45, 7) is 35.4. The molecule has 0 spiro atoms. The Balaban J connectivity index is 0.000000148. The summed E-state index contributed by atoms with van der Waals surface area (Å²) in [6.07, 6.45) is 7.34. The van der Waals surface area contributed by atoms with Crippen molar-refractivity contribution in [2.24, 2.45) is 11.8 Å². The van der Waals surface area contributed by atoms with E-state index < -0.39 is 11.2 Å². The zero-order chi connectivity index (χ0) is 100. The Morgan fingerprint density at radius 3 is 1.03 bits per heavy atom. The molecule has 738 valence electrons. The number of aliphatic hydroxyl groups is 3. The number of carbonyl (C=O) groups is 3. The second kappa shape index (κ2) is 44.2. The summed E-state index contributed by atoms with van der Waals surface area (Å²) in [4.78, 5) is 93.5. The van der Waals surface area contributed by atoms with Crippen LogP contribution in [0.1, 0.15) is 154 Å². The summed E-state index contributed by atoms with van der Waals surface area (Å²) in [5.41, 5.74) is 20.3. The number of aryl methyl sites for hydroxylation is 3. The number of β-amino-alcohol motifs (C(OH)–C–C–N with tert-alkyl or cyclic N) is 3. The highest BCUT2D eigenvalue weighted by Gasteiger charge is 2.35. The van der Waals surface area contributed by atoms with E-state index in [1.54, 1.807) is 85.8 Å². The van der Waals surface area contributed by atoms with E-state index in [2.05, 4.69) is 98.4 Å². The van der Waals surface area contributed by atoms with E-state index in [9.17, 15) is 29.7 Å². The van der Waals surface area contributed by atoms with Gasteiger partial charge < -0.3 is 55.5 Å². The Labute approximate surface area is 852 Å². The fourth-order valence-electron chi connectivity index (χ4n) is 18.6. The van der Waals surface area contributed by atoms with Crippen molar-refractivity contribution in [2.75, 3.05) is 116 Å². The van der Waals surface area contributed by atoms with Crippen LogP contribution in [0.15, 0.2) is 146 Å². The van der Waals surface area contributed by atoms with Crippen LogP contribution in [0.5, 0.6) is 17.6 Å². The number of nitrogens with one attached hydrogen (secondary N) is 4. The van der Waals surface area contributed by atoms with Crippen LogP contribution in [0, 0.1) is 32.6 Å². The van der Waals surface area contributed by atoms with Crippen LogP contribution in [-0.2, 0) is 63.3 Å². The molecule has 4 fully saturated rings. The average Bonchev–Trinajstić information content (AvgIpc) is 1.25. The van der Waals surface area contributed by atoms with E-state index in [4.69, 9.17) is 108 Å². The molecule has 6 aromatic carbocycles. The SMILES string of the molecule is CC1(C)CO1.COc1nc(-c2cccc(-c3cccc(NC(=O)c4cc(C)c5c(n4)CN(CC(C)(C)O)CC5)c3Cl)c2Cl)cnc1CN1CC(C)C1.COc1nc(-c2cccc(-c3cccc(NC(=O)c4cc(C)c5c(n4)CN(CC(C)(C)O)CC5)c3Cl)c2Cl)cnc1CN1CC(O)C1.COc1nc(-c2cccc(-c3cccc(NC(=O)c4cc(C)c5c(n4)CNCC5)c3Cl)c2Cl)cnc1CN1CC(C)C1. The molecule has 19 rings (SSSR count). The van der Waals surface area contributed by atoms with Crippen molar-refractivity contribution >= 4 is 104 Å². The smallest absolute Gasteiger partial charge is 0.274 e. The monoisotopic (exact) mass is 2020 g/mol. The molecule has 0 bridgehead atoms. The number of likely N-dealkylation sites (tertiary alicyclic amines) is 3. The number of aromatic nitrogens is 9. The van der Waals surface area contributed by atoms with Crippen LogP contribution in [-0.4, -0.2) is 225 Å². The van der Waals surface area contributed by atoms with E-state index >= 15 is 0 Å². The second-order valence-corrected chi connectivity index (χ2v) is 41.5. The summed E-state index contributed by atoms with van der Waals surface area (Å²) in [6, 6.07) is 38.7. The number of benzene rings is 6. The van der Waals surface area contributed by atoms with Gasteiger partial charge in [0.15, 0.2) is 0 Å². The lowest BCUT2D eigenvalue weighted by Crippen LogP contribution is -2.50. The summed E-state index contributed by atoms with van der Waals surface area (Å²) < 4.78 is 21.6. The van der Waals surface area contributed by atoms with Crippen molar-refractivity contribution in [1.29, 1.82) is 0 Å². The number of pyridine rings is 3. The second-order valence-electron chi connectivity index (χ2n) is 39.2. The molecule has 3 amide bonds. The number of hydrogen-bond acceptors (Lipinski definition) is 25. The summed E-state index contributed by atoms with van der Waals surface area (Å²) in [5.74, 6) is 1.69. The van der Waals surface area contributed by atoms with E-state index in [0.29, 0.717) is 232 Å². The minimum Gasteiger partial charge on any atom is -0.480 e. The van der Waals surface area contributed by atoms with E-state index in [1.165, 1.54) is 5.56 Å². The lowest BCUT2D eigenvalue weighted by Gasteiger charge is -2.36. The highest BCUT2D eigenvalue weighted by Crippen LogP contribution is 2.47. The van der Waals surface area contributed by atoms with Gasteiger partial charge in [0.1, 0.15) is 34.2 Å². The molecule has 6 aromatic heterocycles. The normalized spacial score (nSPS) is 16.0. The highest BCUT2D eigenvalue weighted by atomic mass is 35.5. The van der Waals surface area contributed by atoms with Gasteiger partial charge in [-0.25, -0.2) is 29.9 Å². The standard InChI is InChI=1S/C36H40Cl2N6O3.C35H38Cl2N6O4.C32H32Cl2N6O2.C4H8O/c1-21-16-44(17-21)19-31-35(47-5)42-29(15-39-31)26-10-6-8-24(32(26)37)25-9-7-11-27(33(25)38)41-34(45)28-14-22(2)23-12-13-43(18-30(23)40-28)20-36(3,4)46;1-20-13-27(39-29-17-42(12-11-22(20)29)19-35(2,3)46)33(45)40-26-10-6-8-24(32(26)37)23-7-5-9-25(31(23)36)28-14-38-30(34(41-28)47-4)18-43-15-21(44)16-43;1-18-15-40(16-18)17-28-32(42-3)39-27(14-36-28)23-8-4-6-21(29(23)33)22-7-5-9-24(30(22)34)38-31(41)25-12-19(2)20-10-11-35-13-26(20)37-25;1-4(2)3-5-4/h6-11,14-15,21,46H,12-13,16-20H2,1-5H3,(H,41,45);5-10,13-14,21,44,46H,11-12,15-19H2,1-4H3,(H,40,45);4-9,12,14,18,35H,10-11,13,15-17H2,1-3H3,(H,38,41);3H2,1-2H3. The molecule has 28 nitrogen and oxygen atoms in total. The predicted molar refractivity (Wildman–Crippen MR) is 555 cm³/mol. The Hall–Kier alpha value is -10.8. The van der Waals surface area contributed by atoms with Gasteiger partial charge >= 0.3 is 0 Å². The van der Waals surface area contributed by atoms with Crippen LogP contribution in [0.25, 0.3) is 67.2 Å². The molecule has 0 radical (unpaired) electrons. The van der Waals surface area contributed by atoms with Gasteiger partial charge in [0.25, 0.3) is 17.7 Å². The molecular formula is C107H118Cl6N18O10. The molecule has 7 N–H and O–H groups in total. The number of anilines is 3.